The number of ketones is 6. The van der Waals surface area contributed by atoms with Crippen molar-refractivity contribution < 1.29 is 88.7 Å². The molecular formula is C83H70Br6Cl2F7NO12. The average molecular weight is 1960 g/mol. The van der Waals surface area contributed by atoms with Crippen LogP contribution in [0.4, 0.5) is 30.7 Å². The summed E-state index contributed by atoms with van der Waals surface area (Å²) in [5.41, 5.74) is 6.65. The number of ether oxygens (including phenoxy) is 4. The molecule has 13 nitrogen and oxygen atoms in total. The number of methoxy groups -OCH3 is 4. The summed E-state index contributed by atoms with van der Waals surface area (Å²) in [6, 6.07) is 14.5. The molecule has 0 atom stereocenters. The Morgan fingerprint density at radius 1 is 0.414 bits per heavy atom. The second-order valence-electron chi connectivity index (χ2n) is 24.7. The van der Waals surface area contributed by atoms with Gasteiger partial charge in [0.2, 0.25) is 5.78 Å². The number of halogens is 15. The van der Waals surface area contributed by atoms with E-state index >= 15 is 0 Å². The topological polar surface area (TPSA) is 185 Å². The maximum absolute atomic E-state index is 13.6. The van der Waals surface area contributed by atoms with Crippen LogP contribution in [0.25, 0.3) is 0 Å². The number of allylic oxidation sites excluding steroid dienone is 20. The van der Waals surface area contributed by atoms with Gasteiger partial charge in [0.1, 0.15) is 85.5 Å². The van der Waals surface area contributed by atoms with Crippen LogP contribution in [-0.2, 0) is 7.05 Å². The maximum atomic E-state index is 13.6. The number of hydrogen-bond donors (Lipinski definition) is 2. The lowest BCUT2D eigenvalue weighted by Crippen LogP contribution is -2.09. The minimum atomic E-state index is -0.563. The van der Waals surface area contributed by atoms with Gasteiger partial charge in [0.25, 0.3) is 0 Å². The van der Waals surface area contributed by atoms with Gasteiger partial charge in [-0.3, -0.25) is 28.8 Å². The van der Waals surface area contributed by atoms with E-state index in [9.17, 15) is 69.7 Å². The highest BCUT2D eigenvalue weighted by Gasteiger charge is 2.31. The molecule has 1 aromatic heterocycles. The van der Waals surface area contributed by atoms with Crippen molar-refractivity contribution in [3.63, 3.8) is 0 Å². The molecule has 0 saturated carbocycles. The lowest BCUT2D eigenvalue weighted by molar-refractivity contribution is 0.101. The molecule has 12 rings (SSSR count). The summed E-state index contributed by atoms with van der Waals surface area (Å²) in [7, 11) is 7.50. The van der Waals surface area contributed by atoms with E-state index < -0.39 is 46.5 Å². The smallest absolute Gasteiger partial charge is 0.214 e. The van der Waals surface area contributed by atoms with Crippen molar-refractivity contribution in [1.82, 2.24) is 4.57 Å². The normalized spacial score (nSPS) is 13.6. The predicted octanol–water partition coefficient (Wildman–Crippen LogP) is 24.7. The summed E-state index contributed by atoms with van der Waals surface area (Å²) >= 11 is 31.9. The van der Waals surface area contributed by atoms with Gasteiger partial charge in [-0.15, -0.1) is 0 Å². The fourth-order valence-corrected chi connectivity index (χ4v) is 15.4. The Balaban J connectivity index is 0.000000208. The highest BCUT2D eigenvalue weighted by Crippen LogP contribution is 2.45. The zero-order chi connectivity index (χ0) is 81.8. The van der Waals surface area contributed by atoms with Crippen molar-refractivity contribution in [3.8, 4) is 34.5 Å². The van der Waals surface area contributed by atoms with E-state index in [2.05, 4.69) is 95.6 Å². The summed E-state index contributed by atoms with van der Waals surface area (Å²) < 4.78 is 120. The Labute approximate surface area is 697 Å². The third-order valence-electron chi connectivity index (χ3n) is 16.9. The lowest BCUT2D eigenvalue weighted by atomic mass is 9.99. The van der Waals surface area contributed by atoms with Gasteiger partial charge < -0.3 is 33.7 Å². The SMILES string of the molecule is C.COc1c(C)cc(F)cc1C(=O)C1=C(Br)C(Br)=C(Br)C1.COc1c(C)cc(F)cc1C(=O)C1=CC(Cl)=C(Cl)C1.COc1c(C)cc(F)cc1C(=O)C1=CC=C(F)C1.COc1c(C)cc(F)cc1C(=O)C1=CC=CC1.Cc1cc(F)cc(C(=O)C2=CC=CC2)c1O.Cc1cc(F)cc(C(=O)c2c(Br)c(Br)c(Br)n2C)c1O. The molecule has 0 spiro atoms. The molecule has 0 saturated heterocycles. The van der Waals surface area contributed by atoms with Gasteiger partial charge in [-0.25, -0.2) is 30.7 Å². The number of nitrogens with zero attached hydrogens (tertiary/aromatic N) is 1. The first-order valence-electron chi connectivity index (χ1n) is 32.6. The number of aromatic hydroxyl groups is 2. The summed E-state index contributed by atoms with van der Waals surface area (Å²) in [5, 5.41) is 20.5. The van der Waals surface area contributed by atoms with Crippen molar-refractivity contribution in [3.05, 3.63) is 306 Å². The first-order valence-corrected chi connectivity index (χ1v) is 38.1. The van der Waals surface area contributed by atoms with Crippen molar-refractivity contribution in [2.45, 2.75) is 81.1 Å². The van der Waals surface area contributed by atoms with Gasteiger partial charge in [0.15, 0.2) is 28.9 Å². The molecule has 6 aromatic carbocycles. The van der Waals surface area contributed by atoms with Crippen LogP contribution in [0.1, 0.15) is 141 Å². The molecule has 28 heteroatoms. The monoisotopic (exact) mass is 1950 g/mol. The molecule has 0 amide bonds. The summed E-state index contributed by atoms with van der Waals surface area (Å²) in [6.45, 7) is 9.87. The molecule has 0 aliphatic heterocycles. The fraction of sp³-hybridized carbons (Fsp3) is 0.205. The summed E-state index contributed by atoms with van der Waals surface area (Å²) in [5.74, 6) is -4.04. The number of Topliss-reactive ketones (excluding diaryl/α,β-unsaturated/α-hetero) is 5. The van der Waals surface area contributed by atoms with Crippen LogP contribution < -0.4 is 18.9 Å². The third kappa shape index (κ3) is 22.0. The van der Waals surface area contributed by atoms with Crippen LogP contribution >= 0.6 is 119 Å². The standard InChI is InChI=1S/C14H10Br3FO2.C14H11Cl2FO2.C14H12F2O2.C14H13FO2.C13H9Br3FNO2.C13H11FO2.CH4/c1-6-3-7(18)4-9(14(6)20-2)13(19)8-5-10(15)12(17)11(8)16;1-7-3-9(17)6-10(14(7)19-2)13(18)8-4-11(15)12(16)5-8;1-8-5-11(16)7-12(14(8)18-2)13(17)9-3-4-10(15)6-9;1-9-7-11(15)8-12(14(9)17-2)13(16)10-5-3-4-6-10;1-5-3-6(17)4-7(11(5)19)12(20)10-8(14)9(15)13(16)18(10)2;1-8-6-10(14)7-11(12(8)15)13(16)9-4-2-3-5-9;/h3-4H,5H2,1-2H3;3-4,6H,5H2,1-2H3;3-5,7H,6H2,1-2H3;3-5,7-8H,6H2,1-2H3;3-4,19H,1-2H3;2-4,6-7,15H,5H2,1H3;1H4. The van der Waals surface area contributed by atoms with Crippen LogP contribution in [0.2, 0.25) is 0 Å². The third-order valence-corrected chi connectivity index (χ3v) is 24.7. The zero-order valence-corrected chi connectivity index (χ0v) is 71.3. The molecule has 2 N–H and O–H groups in total. The zero-order valence-electron chi connectivity index (χ0n) is 60.3. The molecule has 0 bridgehead atoms. The van der Waals surface area contributed by atoms with E-state index in [0.29, 0.717) is 143 Å². The van der Waals surface area contributed by atoms with E-state index in [1.807, 2.05) is 18.2 Å². The van der Waals surface area contributed by atoms with Gasteiger partial charge in [0, 0.05) is 72.7 Å². The second-order valence-corrected chi connectivity index (χ2v) is 30.4. The molecule has 0 unspecified atom stereocenters. The molecule has 5 aliphatic rings. The molecule has 5 aliphatic carbocycles. The van der Waals surface area contributed by atoms with Gasteiger partial charge >= 0.3 is 0 Å². The minimum absolute atomic E-state index is 0. The molecule has 111 heavy (non-hydrogen) atoms. The molecule has 0 radical (unpaired) electrons. The van der Waals surface area contributed by atoms with Crippen LogP contribution in [0.3, 0.4) is 0 Å². The van der Waals surface area contributed by atoms with E-state index in [1.54, 1.807) is 71.4 Å². The van der Waals surface area contributed by atoms with Crippen LogP contribution in [0.15, 0.2) is 198 Å². The Bertz CT molecular complexity index is 5270. The van der Waals surface area contributed by atoms with E-state index in [4.69, 9.17) is 42.1 Å². The Hall–Kier alpha value is -8.21. The van der Waals surface area contributed by atoms with E-state index in [-0.39, 0.29) is 88.5 Å². The van der Waals surface area contributed by atoms with Crippen molar-refractivity contribution in [2.24, 2.45) is 7.05 Å². The molecule has 584 valence electrons. The number of phenolic OH excluding ortho intramolecular Hbond substituents is 2. The number of rotatable bonds is 16. The number of benzene rings is 6. The lowest BCUT2D eigenvalue weighted by Gasteiger charge is -2.12. The molecular weight excluding hydrogens is 1890 g/mol. The van der Waals surface area contributed by atoms with Crippen LogP contribution in [-0.4, -0.2) is 77.9 Å². The number of aryl methyl sites for hydroxylation is 6. The van der Waals surface area contributed by atoms with E-state index in [1.165, 1.54) is 95.2 Å². The highest BCUT2D eigenvalue weighted by atomic mass is 79.9. The predicted molar refractivity (Wildman–Crippen MR) is 439 cm³/mol. The van der Waals surface area contributed by atoms with Crippen LogP contribution in [0, 0.1) is 76.4 Å². The Morgan fingerprint density at radius 3 is 1.06 bits per heavy atom. The Kier molecular flexibility index (Phi) is 33.4. The number of aromatic nitrogens is 1. The number of carbonyl (C=O) groups is 6. The van der Waals surface area contributed by atoms with Gasteiger partial charge in [-0.2, -0.15) is 0 Å². The highest BCUT2D eigenvalue weighted by molar-refractivity contribution is 9.16. The van der Waals surface area contributed by atoms with Crippen molar-refractivity contribution in [1.29, 1.82) is 0 Å². The van der Waals surface area contributed by atoms with E-state index in [0.717, 1.165) is 33.2 Å². The molecule has 1 heterocycles. The van der Waals surface area contributed by atoms with Gasteiger partial charge in [-0.1, -0.05) is 89.1 Å². The molecule has 7 aromatic rings. The number of phenols is 2. The minimum Gasteiger partial charge on any atom is -0.507 e. The fourth-order valence-electron chi connectivity index (χ4n) is 11.6. The Morgan fingerprint density at radius 2 is 0.757 bits per heavy atom. The van der Waals surface area contributed by atoms with Gasteiger partial charge in [-0.05, 0) is 252 Å². The largest absolute Gasteiger partial charge is 0.507 e. The quantitative estimate of drug-likeness (QED) is 0.0690. The number of hydrogen-bond acceptors (Lipinski definition) is 12. The molecule has 0 fully saturated rings. The second kappa shape index (κ2) is 40.5. The average Bonchev–Trinajstić information content (AvgIpc) is 1.61. The number of carbonyl (C=O) groups excluding carboxylic acids is 6. The maximum Gasteiger partial charge on any atom is 0.214 e. The van der Waals surface area contributed by atoms with Gasteiger partial charge in [0.05, 0.1) is 75.8 Å². The van der Waals surface area contributed by atoms with Crippen molar-refractivity contribution >= 4 is 153 Å². The summed E-state index contributed by atoms with van der Waals surface area (Å²) in [6.07, 6.45) is 16.7. The summed E-state index contributed by atoms with van der Waals surface area (Å²) in [4.78, 5) is 73.8. The first kappa shape index (κ1) is 91.7. The van der Waals surface area contributed by atoms with Crippen LogP contribution in [0.5, 0.6) is 34.5 Å². The van der Waals surface area contributed by atoms with Crippen molar-refractivity contribution in [2.75, 3.05) is 28.4 Å². The first-order chi connectivity index (χ1) is 51.8.